The average molecular weight is 879 g/mol. The smallest absolute Gasteiger partial charge is 0.411 e. The standard InChI is InChI=1S/C52H58N6O7/c1-35(54-34-47(60)43-19-21-46(59)51-44(43)20-22-48(61)56-51)31-38-10-8-9-36(32-38)23-27-53-49(62)33-37-15-17-40(18-16-37)57(2)50(63)26-30-58-28-24-41(25-29-58)65-52(64)55-45-14-7-6-13-42(45)39-11-4-3-5-12-39/h3-22,32,35,41,47,54,59-60H,23-31,33-34H2,1-2H3,(H,53,62)(H,55,64)(H,56,61). The van der Waals surface area contributed by atoms with Crippen molar-refractivity contribution in [3.8, 4) is 16.9 Å². The Morgan fingerprint density at radius 2 is 1.60 bits per heavy atom. The summed E-state index contributed by atoms with van der Waals surface area (Å²) in [5.41, 5.74) is 7.10. The summed E-state index contributed by atoms with van der Waals surface area (Å²) in [6.45, 7) is 4.92. The fraction of sp³-hybridized carbons (Fsp3) is 0.308. The summed E-state index contributed by atoms with van der Waals surface area (Å²) in [4.78, 5) is 57.1. The van der Waals surface area contributed by atoms with Gasteiger partial charge < -0.3 is 40.4 Å². The minimum Gasteiger partial charge on any atom is -0.506 e. The molecule has 2 heterocycles. The summed E-state index contributed by atoms with van der Waals surface area (Å²) >= 11 is 0. The Labute approximate surface area is 379 Å². The Morgan fingerprint density at radius 1 is 0.862 bits per heavy atom. The summed E-state index contributed by atoms with van der Waals surface area (Å²) in [6.07, 6.45) is 1.89. The number of carbonyl (C=O) groups excluding carboxylic acids is 3. The number of hydrogen-bond donors (Lipinski definition) is 6. The molecule has 6 N–H and O–H groups in total. The SMILES string of the molecule is CC(Cc1cccc(CCNC(=O)Cc2ccc(N(C)C(=O)CCN3CCC(OC(=O)Nc4ccccc4-c4ccccc4)CC3)cc2)c1)NCC(O)c1ccc(O)c2[nH]c(=O)ccc12. The lowest BCUT2D eigenvalue weighted by atomic mass is 10.0. The summed E-state index contributed by atoms with van der Waals surface area (Å²) < 4.78 is 5.78. The quantitative estimate of drug-likeness (QED) is 0.0525. The second-order valence-electron chi connectivity index (χ2n) is 16.8. The molecule has 7 rings (SSSR count). The minimum atomic E-state index is -0.844. The van der Waals surface area contributed by atoms with E-state index in [0.717, 1.165) is 53.0 Å². The van der Waals surface area contributed by atoms with E-state index in [9.17, 15) is 29.4 Å². The Balaban J connectivity index is 0.775. The van der Waals surface area contributed by atoms with Crippen molar-refractivity contribution in [2.24, 2.45) is 0 Å². The number of nitrogens with zero attached hydrogens (tertiary/aromatic N) is 2. The number of phenols is 1. The van der Waals surface area contributed by atoms with Gasteiger partial charge in [0, 0.05) is 74.9 Å². The first kappa shape index (κ1) is 46.2. The predicted molar refractivity (Wildman–Crippen MR) is 255 cm³/mol. The van der Waals surface area contributed by atoms with Crippen LogP contribution in [-0.2, 0) is 33.6 Å². The maximum absolute atomic E-state index is 13.2. The van der Waals surface area contributed by atoms with Crippen molar-refractivity contribution in [2.45, 2.75) is 63.7 Å². The van der Waals surface area contributed by atoms with Crippen LogP contribution in [0.2, 0.25) is 0 Å². The van der Waals surface area contributed by atoms with E-state index < -0.39 is 12.2 Å². The number of H-pyrrole nitrogens is 1. The molecule has 0 saturated carbocycles. The third kappa shape index (κ3) is 12.9. The Kier molecular flexibility index (Phi) is 15.8. The normalized spacial score (nSPS) is 14.1. The van der Waals surface area contributed by atoms with Crippen LogP contribution in [0.25, 0.3) is 22.0 Å². The number of aliphatic hydroxyl groups is 1. The second kappa shape index (κ2) is 22.2. The number of pyridine rings is 1. The molecule has 6 aromatic rings. The molecular weight excluding hydrogens is 821 g/mol. The van der Waals surface area contributed by atoms with Crippen molar-refractivity contribution in [2.75, 3.05) is 50.0 Å². The van der Waals surface area contributed by atoms with Gasteiger partial charge in [-0.25, -0.2) is 4.79 Å². The van der Waals surface area contributed by atoms with Gasteiger partial charge in [-0.05, 0) is 90.8 Å². The van der Waals surface area contributed by atoms with E-state index >= 15 is 0 Å². The molecule has 0 aliphatic carbocycles. The first-order valence-electron chi connectivity index (χ1n) is 22.3. The molecule has 0 bridgehead atoms. The van der Waals surface area contributed by atoms with E-state index in [4.69, 9.17) is 4.74 Å². The number of rotatable bonds is 18. The van der Waals surface area contributed by atoms with Crippen LogP contribution in [0.3, 0.4) is 0 Å². The van der Waals surface area contributed by atoms with E-state index in [1.165, 1.54) is 12.1 Å². The lowest BCUT2D eigenvalue weighted by Crippen LogP contribution is -2.40. The maximum Gasteiger partial charge on any atom is 0.411 e. The van der Waals surface area contributed by atoms with Crippen molar-refractivity contribution in [3.05, 3.63) is 160 Å². The number of fused-ring (bicyclic) bond motifs is 1. The van der Waals surface area contributed by atoms with Crippen LogP contribution in [0, 0.1) is 0 Å². The number of amides is 3. The molecule has 2 unspecified atom stereocenters. The zero-order chi connectivity index (χ0) is 45.7. The maximum atomic E-state index is 13.2. The number of aliphatic hydroxyl groups excluding tert-OH is 1. The number of piperidine rings is 1. The number of ether oxygens (including phenoxy) is 1. The lowest BCUT2D eigenvalue weighted by molar-refractivity contribution is -0.120. The number of aromatic nitrogens is 1. The summed E-state index contributed by atoms with van der Waals surface area (Å²) in [5.74, 6) is -0.125. The van der Waals surface area contributed by atoms with Crippen LogP contribution in [-0.4, -0.2) is 89.9 Å². The lowest BCUT2D eigenvalue weighted by Gasteiger charge is -2.31. The molecule has 1 aromatic heterocycles. The summed E-state index contributed by atoms with van der Waals surface area (Å²) in [6, 6.07) is 39.5. The van der Waals surface area contributed by atoms with E-state index in [1.807, 2.05) is 91.0 Å². The molecule has 5 aromatic carbocycles. The largest absolute Gasteiger partial charge is 0.506 e. The highest BCUT2D eigenvalue weighted by Gasteiger charge is 2.24. The molecule has 0 spiro atoms. The topological polar surface area (TPSA) is 176 Å². The molecular formula is C52H58N6O7. The van der Waals surface area contributed by atoms with Crippen LogP contribution >= 0.6 is 0 Å². The van der Waals surface area contributed by atoms with Gasteiger partial charge in [-0.1, -0.05) is 91.0 Å². The van der Waals surface area contributed by atoms with Gasteiger partial charge in [-0.2, -0.15) is 0 Å². The van der Waals surface area contributed by atoms with Gasteiger partial charge >= 0.3 is 6.09 Å². The second-order valence-corrected chi connectivity index (χ2v) is 16.8. The number of aromatic amines is 1. The molecule has 1 fully saturated rings. The Bertz CT molecular complexity index is 2610. The van der Waals surface area contributed by atoms with Gasteiger partial charge in [0.1, 0.15) is 11.9 Å². The Hall–Kier alpha value is -6.80. The van der Waals surface area contributed by atoms with Crippen molar-refractivity contribution < 1.29 is 29.3 Å². The summed E-state index contributed by atoms with van der Waals surface area (Å²) in [5, 5.41) is 31.1. The van der Waals surface area contributed by atoms with Gasteiger partial charge in [0.2, 0.25) is 17.4 Å². The van der Waals surface area contributed by atoms with Crippen LogP contribution in [0.15, 0.2) is 132 Å². The average Bonchev–Trinajstić information content (AvgIpc) is 3.31. The summed E-state index contributed by atoms with van der Waals surface area (Å²) in [7, 11) is 1.77. The molecule has 1 saturated heterocycles. The van der Waals surface area contributed by atoms with Gasteiger partial charge in [0.25, 0.3) is 0 Å². The highest BCUT2D eigenvalue weighted by Crippen LogP contribution is 2.30. The molecule has 3 amide bonds. The molecule has 2 atom stereocenters. The molecule has 1 aliphatic heterocycles. The number of phenolic OH excluding ortho intramolecular Hbond substituents is 1. The number of carbonyl (C=O) groups is 3. The van der Waals surface area contributed by atoms with Gasteiger partial charge in [-0.15, -0.1) is 0 Å². The monoisotopic (exact) mass is 878 g/mol. The van der Waals surface area contributed by atoms with E-state index in [-0.39, 0.29) is 41.7 Å². The van der Waals surface area contributed by atoms with E-state index in [1.54, 1.807) is 24.1 Å². The van der Waals surface area contributed by atoms with Crippen LogP contribution < -0.4 is 26.4 Å². The molecule has 65 heavy (non-hydrogen) atoms. The first-order chi connectivity index (χ1) is 31.5. The van der Waals surface area contributed by atoms with Gasteiger partial charge in [-0.3, -0.25) is 19.7 Å². The molecule has 338 valence electrons. The number of hydrogen-bond acceptors (Lipinski definition) is 9. The molecule has 13 nitrogen and oxygen atoms in total. The Morgan fingerprint density at radius 3 is 2.38 bits per heavy atom. The molecule has 13 heteroatoms. The first-order valence-corrected chi connectivity index (χ1v) is 22.3. The number of likely N-dealkylation sites (tertiary alicyclic amines) is 1. The number of aromatic hydroxyl groups is 1. The third-order valence-corrected chi connectivity index (χ3v) is 12.0. The zero-order valence-electron chi connectivity index (χ0n) is 37.0. The van der Waals surface area contributed by atoms with Crippen molar-refractivity contribution in [1.82, 2.24) is 20.5 Å². The van der Waals surface area contributed by atoms with Gasteiger partial charge in [0.15, 0.2) is 0 Å². The van der Waals surface area contributed by atoms with E-state index in [2.05, 4.69) is 44.9 Å². The number of anilines is 2. The number of benzene rings is 5. The zero-order valence-corrected chi connectivity index (χ0v) is 37.0. The van der Waals surface area contributed by atoms with Crippen LogP contribution in [0.4, 0.5) is 16.2 Å². The van der Waals surface area contributed by atoms with Crippen LogP contribution in [0.1, 0.15) is 54.5 Å². The number of nitrogens with one attached hydrogen (secondary N) is 4. The van der Waals surface area contributed by atoms with Crippen molar-refractivity contribution in [1.29, 1.82) is 0 Å². The highest BCUT2D eigenvalue weighted by molar-refractivity contribution is 5.93. The molecule has 0 radical (unpaired) electrons. The minimum absolute atomic E-state index is 0.00116. The predicted octanol–water partition coefficient (Wildman–Crippen LogP) is 7.12. The van der Waals surface area contributed by atoms with Crippen molar-refractivity contribution >= 4 is 40.2 Å². The molecule has 1 aliphatic rings. The van der Waals surface area contributed by atoms with Crippen LogP contribution in [0.5, 0.6) is 5.75 Å². The third-order valence-electron chi connectivity index (χ3n) is 12.0. The highest BCUT2D eigenvalue weighted by atomic mass is 16.6. The fourth-order valence-electron chi connectivity index (χ4n) is 8.31. The fourth-order valence-corrected chi connectivity index (χ4v) is 8.31. The number of para-hydroxylation sites is 1. The van der Waals surface area contributed by atoms with E-state index in [0.29, 0.717) is 67.5 Å². The van der Waals surface area contributed by atoms with Gasteiger partial charge in [0.05, 0.1) is 23.7 Å². The van der Waals surface area contributed by atoms with Crippen molar-refractivity contribution in [3.63, 3.8) is 0 Å².